The summed E-state index contributed by atoms with van der Waals surface area (Å²) in [6.45, 7) is 6.43. The molecule has 0 bridgehead atoms. The molecule has 0 aliphatic rings. The lowest BCUT2D eigenvalue weighted by Gasteiger charge is -2.16. The quantitative estimate of drug-likeness (QED) is 0.370. The van der Waals surface area contributed by atoms with Crippen LogP contribution in [0.4, 0.5) is 0 Å². The van der Waals surface area contributed by atoms with Gasteiger partial charge in [-0.15, -0.1) is 0 Å². The van der Waals surface area contributed by atoms with Gasteiger partial charge in [-0.1, -0.05) is 102 Å². The number of rotatable bonds is 15. The van der Waals surface area contributed by atoms with E-state index in [2.05, 4.69) is 34.5 Å². The van der Waals surface area contributed by atoms with E-state index in [9.17, 15) is 4.79 Å². The van der Waals surface area contributed by atoms with E-state index in [1.807, 2.05) is 26.0 Å². The minimum atomic E-state index is -0.527. The first-order valence-electron chi connectivity index (χ1n) is 12.0. The fourth-order valence-electron chi connectivity index (χ4n) is 3.52. The average molecular weight is 429 g/mol. The normalized spacial score (nSPS) is 13.2. The lowest BCUT2D eigenvalue weighted by atomic mass is 9.99. The number of benzene rings is 1. The summed E-state index contributed by atoms with van der Waals surface area (Å²) in [5.74, 6) is 0.846. The topological polar surface area (TPSA) is 94.0 Å². The van der Waals surface area contributed by atoms with Crippen LogP contribution in [0.5, 0.6) is 0 Å². The monoisotopic (exact) mass is 428 g/mol. The van der Waals surface area contributed by atoms with Crippen LogP contribution in [-0.4, -0.2) is 22.1 Å². The maximum absolute atomic E-state index is 12.1. The Morgan fingerprint density at radius 3 is 2.32 bits per heavy atom. The number of amides is 1. The maximum atomic E-state index is 12.1. The molecule has 0 saturated heterocycles. The zero-order chi connectivity index (χ0) is 22.5. The fourth-order valence-corrected chi connectivity index (χ4v) is 3.52. The highest BCUT2D eigenvalue weighted by Gasteiger charge is 2.20. The molecular weight excluding hydrogens is 388 g/mol. The number of nitrogens with two attached hydrogens (primary N) is 1. The van der Waals surface area contributed by atoms with Gasteiger partial charge in [-0.25, -0.2) is 0 Å². The summed E-state index contributed by atoms with van der Waals surface area (Å²) in [6.07, 6.45) is 12.6. The summed E-state index contributed by atoms with van der Waals surface area (Å²) < 4.78 is 5.28. The number of aromatic nitrogens is 2. The molecule has 3 N–H and O–H groups in total. The third-order valence-electron chi connectivity index (χ3n) is 5.97. The zero-order valence-corrected chi connectivity index (χ0v) is 19.5. The lowest BCUT2D eigenvalue weighted by Crippen LogP contribution is -2.44. The van der Waals surface area contributed by atoms with Gasteiger partial charge in [0.1, 0.15) is 0 Å². The minimum Gasteiger partial charge on any atom is -0.346 e. The van der Waals surface area contributed by atoms with Gasteiger partial charge in [0.05, 0.1) is 12.6 Å². The standard InChI is InChI=1S/C25H40N4O2/c1-4-6-7-8-9-10-11-12-13-20-14-16-21(17-15-20)24-28-22(31-29-24)18-27-25(30)23(26)19(3)5-2/h14-17,19,23H,4-13,18,26H2,1-3H3,(H,27,30)/t19-,23-/m0/s1. The highest BCUT2D eigenvalue weighted by Crippen LogP contribution is 2.18. The van der Waals surface area contributed by atoms with Crippen LogP contribution in [-0.2, 0) is 17.8 Å². The molecule has 2 aromatic rings. The molecule has 0 saturated carbocycles. The molecule has 1 aromatic heterocycles. The molecule has 2 rings (SSSR count). The van der Waals surface area contributed by atoms with Crippen molar-refractivity contribution in [2.45, 2.75) is 97.6 Å². The van der Waals surface area contributed by atoms with Crippen LogP contribution in [0, 0.1) is 5.92 Å². The molecule has 0 radical (unpaired) electrons. The molecule has 1 heterocycles. The first-order valence-corrected chi connectivity index (χ1v) is 12.0. The summed E-state index contributed by atoms with van der Waals surface area (Å²) in [4.78, 5) is 16.5. The van der Waals surface area contributed by atoms with Gasteiger partial charge in [0.2, 0.25) is 17.6 Å². The van der Waals surface area contributed by atoms with E-state index in [4.69, 9.17) is 10.3 Å². The summed E-state index contributed by atoms with van der Waals surface area (Å²) in [5, 5.41) is 6.81. The molecular formula is C25H40N4O2. The van der Waals surface area contributed by atoms with Crippen molar-refractivity contribution in [1.82, 2.24) is 15.5 Å². The van der Waals surface area contributed by atoms with Crippen molar-refractivity contribution in [2.24, 2.45) is 11.7 Å². The van der Waals surface area contributed by atoms with E-state index >= 15 is 0 Å². The second-order valence-corrected chi connectivity index (χ2v) is 8.56. The summed E-state index contributed by atoms with van der Waals surface area (Å²) in [6, 6.07) is 7.82. The Hall–Kier alpha value is -2.21. The zero-order valence-electron chi connectivity index (χ0n) is 19.5. The highest BCUT2D eigenvalue weighted by molar-refractivity contribution is 5.81. The molecule has 172 valence electrons. The Bertz CT molecular complexity index is 757. The predicted molar refractivity (Wildman–Crippen MR) is 125 cm³/mol. The van der Waals surface area contributed by atoms with Gasteiger partial charge >= 0.3 is 0 Å². The van der Waals surface area contributed by atoms with Gasteiger partial charge < -0.3 is 15.6 Å². The number of unbranched alkanes of at least 4 members (excludes halogenated alkanes) is 7. The van der Waals surface area contributed by atoms with Crippen LogP contribution in [0.25, 0.3) is 11.4 Å². The van der Waals surface area contributed by atoms with E-state index in [1.54, 1.807) is 0 Å². The molecule has 1 aromatic carbocycles. The van der Waals surface area contributed by atoms with Gasteiger partial charge in [-0.3, -0.25) is 4.79 Å². The second-order valence-electron chi connectivity index (χ2n) is 8.56. The van der Waals surface area contributed by atoms with E-state index in [0.29, 0.717) is 11.7 Å². The Morgan fingerprint density at radius 2 is 1.68 bits per heavy atom. The van der Waals surface area contributed by atoms with Gasteiger partial charge in [0.25, 0.3) is 0 Å². The molecule has 0 unspecified atom stereocenters. The summed E-state index contributed by atoms with van der Waals surface area (Å²) in [5.41, 5.74) is 8.19. The van der Waals surface area contributed by atoms with E-state index in [0.717, 1.165) is 18.4 Å². The maximum Gasteiger partial charge on any atom is 0.246 e. The van der Waals surface area contributed by atoms with Crippen LogP contribution >= 0.6 is 0 Å². The van der Waals surface area contributed by atoms with Crippen molar-refractivity contribution in [3.05, 3.63) is 35.7 Å². The van der Waals surface area contributed by atoms with Crippen molar-refractivity contribution in [2.75, 3.05) is 0 Å². The van der Waals surface area contributed by atoms with Crippen molar-refractivity contribution in [3.63, 3.8) is 0 Å². The third kappa shape index (κ3) is 8.82. The number of carbonyl (C=O) groups excluding carboxylic acids is 1. The minimum absolute atomic E-state index is 0.127. The molecule has 0 aliphatic carbocycles. The number of hydrogen-bond donors (Lipinski definition) is 2. The molecule has 31 heavy (non-hydrogen) atoms. The second kappa shape index (κ2) is 14.0. The van der Waals surface area contributed by atoms with Crippen molar-refractivity contribution in [1.29, 1.82) is 0 Å². The molecule has 2 atom stereocenters. The molecule has 0 aliphatic heterocycles. The Kier molecular flexibility index (Phi) is 11.3. The van der Waals surface area contributed by atoms with Gasteiger partial charge in [0.15, 0.2) is 0 Å². The molecule has 6 heteroatoms. The fraction of sp³-hybridized carbons (Fsp3) is 0.640. The number of aryl methyl sites for hydroxylation is 1. The summed E-state index contributed by atoms with van der Waals surface area (Å²) in [7, 11) is 0. The van der Waals surface area contributed by atoms with Crippen LogP contribution in [0.15, 0.2) is 28.8 Å². The van der Waals surface area contributed by atoms with Crippen LogP contribution in [0.3, 0.4) is 0 Å². The molecule has 1 amide bonds. The van der Waals surface area contributed by atoms with E-state index in [-0.39, 0.29) is 18.4 Å². The first-order chi connectivity index (χ1) is 15.0. The number of carbonyl (C=O) groups is 1. The van der Waals surface area contributed by atoms with Gasteiger partial charge in [-0.2, -0.15) is 4.98 Å². The van der Waals surface area contributed by atoms with Gasteiger partial charge in [-0.05, 0) is 24.3 Å². The Balaban J connectivity index is 1.73. The largest absolute Gasteiger partial charge is 0.346 e. The third-order valence-corrected chi connectivity index (χ3v) is 5.97. The molecule has 0 fully saturated rings. The lowest BCUT2D eigenvalue weighted by molar-refractivity contribution is -0.123. The molecule has 6 nitrogen and oxygen atoms in total. The predicted octanol–water partition coefficient (Wildman–Crippen LogP) is 5.41. The number of nitrogens with one attached hydrogen (secondary N) is 1. The van der Waals surface area contributed by atoms with Crippen LogP contribution < -0.4 is 11.1 Å². The van der Waals surface area contributed by atoms with Crippen molar-refractivity contribution < 1.29 is 9.32 Å². The molecule has 0 spiro atoms. The van der Waals surface area contributed by atoms with E-state index in [1.165, 1.54) is 56.9 Å². The average Bonchev–Trinajstić information content (AvgIpc) is 3.27. The number of hydrogen-bond acceptors (Lipinski definition) is 5. The van der Waals surface area contributed by atoms with Crippen LogP contribution in [0.2, 0.25) is 0 Å². The van der Waals surface area contributed by atoms with Crippen LogP contribution in [0.1, 0.15) is 90.0 Å². The van der Waals surface area contributed by atoms with Gasteiger partial charge in [0, 0.05) is 5.56 Å². The smallest absolute Gasteiger partial charge is 0.246 e. The SMILES string of the molecule is CCCCCCCCCCc1ccc(-c2noc(CNC(=O)[C@@H](N)[C@@H](C)CC)n2)cc1. The van der Waals surface area contributed by atoms with Crippen molar-refractivity contribution >= 4 is 5.91 Å². The highest BCUT2D eigenvalue weighted by atomic mass is 16.5. The van der Waals surface area contributed by atoms with Crippen molar-refractivity contribution in [3.8, 4) is 11.4 Å². The van der Waals surface area contributed by atoms with E-state index < -0.39 is 6.04 Å². The Labute approximate surface area is 187 Å². The number of nitrogens with zero attached hydrogens (tertiary/aromatic N) is 2. The first kappa shape index (κ1) is 25.1. The summed E-state index contributed by atoms with van der Waals surface area (Å²) >= 11 is 0. The Morgan fingerprint density at radius 1 is 1.03 bits per heavy atom.